The van der Waals surface area contributed by atoms with Gasteiger partial charge in [0.2, 0.25) is 5.13 Å². The molecule has 0 spiro atoms. The Labute approximate surface area is 111 Å². The number of amides is 1. The molecule has 0 aliphatic heterocycles. The van der Waals surface area contributed by atoms with Gasteiger partial charge in [-0.25, -0.2) is 4.79 Å². The van der Waals surface area contributed by atoms with E-state index in [-0.39, 0.29) is 0 Å². The monoisotopic (exact) mass is 276 g/mol. The fraction of sp³-hybridized carbons (Fsp3) is 0. The van der Waals surface area contributed by atoms with E-state index in [1.165, 1.54) is 41.4 Å². The number of carbonyl (C=O) groups is 2. The van der Waals surface area contributed by atoms with Gasteiger partial charge in [0.05, 0.1) is 5.56 Å². The van der Waals surface area contributed by atoms with Crippen molar-refractivity contribution in [3.05, 3.63) is 41.2 Å². The Morgan fingerprint density at radius 1 is 1.42 bits per heavy atom. The minimum absolute atomic E-state index is 0.308. The number of anilines is 1. The van der Waals surface area contributed by atoms with Crippen LogP contribution in [0.2, 0.25) is 0 Å². The highest BCUT2D eigenvalue weighted by Crippen LogP contribution is 2.14. The number of pyridine rings is 1. The molecule has 0 fully saturated rings. The lowest BCUT2D eigenvalue weighted by molar-refractivity contribution is -0.131. The number of nitrogens with one attached hydrogen (secondary N) is 1. The Morgan fingerprint density at radius 2 is 2.26 bits per heavy atom. The van der Waals surface area contributed by atoms with E-state index in [0.29, 0.717) is 16.3 Å². The average molecular weight is 276 g/mol. The van der Waals surface area contributed by atoms with E-state index >= 15 is 0 Å². The van der Waals surface area contributed by atoms with Crippen molar-refractivity contribution in [3.63, 3.8) is 0 Å². The van der Waals surface area contributed by atoms with Gasteiger partial charge in [0.1, 0.15) is 5.51 Å². The highest BCUT2D eigenvalue weighted by Gasteiger charge is 2.11. The Morgan fingerprint density at radius 3 is 2.95 bits per heavy atom. The molecule has 0 saturated heterocycles. The molecule has 2 aromatic heterocycles. The molecule has 0 aliphatic carbocycles. The summed E-state index contributed by atoms with van der Waals surface area (Å²) >= 11 is 1.19. The molecule has 19 heavy (non-hydrogen) atoms. The first-order valence-corrected chi connectivity index (χ1v) is 5.97. The fourth-order valence-electron chi connectivity index (χ4n) is 1.30. The maximum absolute atomic E-state index is 12.0. The third-order valence-electron chi connectivity index (χ3n) is 2.08. The summed E-state index contributed by atoms with van der Waals surface area (Å²) in [4.78, 5) is 26.3. The van der Waals surface area contributed by atoms with Gasteiger partial charge in [-0.05, 0) is 12.1 Å². The first-order chi connectivity index (χ1) is 9.16. The van der Waals surface area contributed by atoms with Crippen LogP contribution in [-0.4, -0.2) is 32.2 Å². The van der Waals surface area contributed by atoms with Crippen LogP contribution in [0, 0.1) is 0 Å². The third kappa shape index (κ3) is 3.42. The number of aliphatic carboxylic acids is 1. The maximum atomic E-state index is 12.0. The van der Waals surface area contributed by atoms with Crippen molar-refractivity contribution in [1.29, 1.82) is 0 Å². The molecule has 8 heteroatoms. The summed E-state index contributed by atoms with van der Waals surface area (Å²) in [5, 5.41) is 18.8. The van der Waals surface area contributed by atoms with E-state index in [1.807, 2.05) is 0 Å². The summed E-state index contributed by atoms with van der Waals surface area (Å²) in [6.45, 7) is 0. The third-order valence-corrected chi connectivity index (χ3v) is 2.69. The molecular formula is C11H8N4O3S. The van der Waals surface area contributed by atoms with Gasteiger partial charge in [0, 0.05) is 24.0 Å². The number of rotatable bonds is 4. The largest absolute Gasteiger partial charge is 0.478 e. The molecule has 2 heterocycles. The van der Waals surface area contributed by atoms with Crippen LogP contribution < -0.4 is 5.32 Å². The van der Waals surface area contributed by atoms with Gasteiger partial charge in [-0.15, -0.1) is 10.2 Å². The SMILES string of the molecule is O=C(O)C=Cc1cnccc1C(=O)Nc1nncs1. The number of carbonyl (C=O) groups excluding carboxylic acids is 1. The first-order valence-electron chi connectivity index (χ1n) is 5.09. The fourth-order valence-corrected chi connectivity index (χ4v) is 1.74. The van der Waals surface area contributed by atoms with Gasteiger partial charge in [-0.1, -0.05) is 11.3 Å². The number of carboxylic acid groups (broad SMARTS) is 1. The van der Waals surface area contributed by atoms with Crippen molar-refractivity contribution in [3.8, 4) is 0 Å². The number of carboxylic acids is 1. The van der Waals surface area contributed by atoms with Gasteiger partial charge in [-0.3, -0.25) is 15.1 Å². The lowest BCUT2D eigenvalue weighted by Gasteiger charge is -2.04. The van der Waals surface area contributed by atoms with Crippen LogP contribution >= 0.6 is 11.3 Å². The lowest BCUT2D eigenvalue weighted by Crippen LogP contribution is -2.13. The Kier molecular flexibility index (Phi) is 3.94. The lowest BCUT2D eigenvalue weighted by atomic mass is 10.1. The number of nitrogens with zero attached hydrogens (tertiary/aromatic N) is 3. The molecule has 7 nitrogen and oxygen atoms in total. The second kappa shape index (κ2) is 5.83. The van der Waals surface area contributed by atoms with Crippen LogP contribution in [0.3, 0.4) is 0 Å². The minimum Gasteiger partial charge on any atom is -0.478 e. The predicted molar refractivity (Wildman–Crippen MR) is 68.8 cm³/mol. The van der Waals surface area contributed by atoms with Crippen LogP contribution in [0.15, 0.2) is 30.0 Å². The summed E-state index contributed by atoms with van der Waals surface area (Å²) in [5.41, 5.74) is 2.21. The summed E-state index contributed by atoms with van der Waals surface area (Å²) in [7, 11) is 0. The standard InChI is InChI=1S/C11H8N4O3S/c16-9(17)2-1-7-5-12-4-3-8(7)10(18)14-11-15-13-6-19-11/h1-6H,(H,16,17)(H,14,15,18). The van der Waals surface area contributed by atoms with Crippen LogP contribution in [0.5, 0.6) is 0 Å². The van der Waals surface area contributed by atoms with Crippen LogP contribution in [0.25, 0.3) is 6.08 Å². The van der Waals surface area contributed by atoms with E-state index < -0.39 is 11.9 Å². The summed E-state index contributed by atoms with van der Waals surface area (Å²) in [6.07, 6.45) is 5.12. The van der Waals surface area contributed by atoms with Crippen LogP contribution in [0.4, 0.5) is 5.13 Å². The number of hydrogen-bond acceptors (Lipinski definition) is 6. The van der Waals surface area contributed by atoms with Gasteiger partial charge in [-0.2, -0.15) is 0 Å². The highest BCUT2D eigenvalue weighted by molar-refractivity contribution is 7.13. The van der Waals surface area contributed by atoms with E-state index in [4.69, 9.17) is 5.11 Å². The van der Waals surface area contributed by atoms with Crippen molar-refractivity contribution < 1.29 is 14.7 Å². The van der Waals surface area contributed by atoms with Crippen LogP contribution in [-0.2, 0) is 4.79 Å². The first kappa shape index (κ1) is 12.8. The molecule has 0 unspecified atom stereocenters. The molecule has 0 aliphatic rings. The minimum atomic E-state index is -1.10. The smallest absolute Gasteiger partial charge is 0.328 e. The summed E-state index contributed by atoms with van der Waals surface area (Å²) in [6, 6.07) is 1.50. The molecule has 0 saturated carbocycles. The Balaban J connectivity index is 2.24. The van der Waals surface area contributed by atoms with Gasteiger partial charge >= 0.3 is 5.97 Å². The molecule has 0 atom stereocenters. The quantitative estimate of drug-likeness (QED) is 0.815. The van der Waals surface area contributed by atoms with Crippen molar-refractivity contribution in [2.24, 2.45) is 0 Å². The van der Waals surface area contributed by atoms with Gasteiger partial charge in [0.15, 0.2) is 0 Å². The maximum Gasteiger partial charge on any atom is 0.328 e. The van der Waals surface area contributed by atoms with Crippen molar-refractivity contribution >= 4 is 34.4 Å². The Hall–Kier alpha value is -2.61. The summed E-state index contributed by atoms with van der Waals surface area (Å²) in [5.74, 6) is -1.50. The van der Waals surface area contributed by atoms with Crippen LogP contribution in [0.1, 0.15) is 15.9 Å². The van der Waals surface area contributed by atoms with E-state index in [0.717, 1.165) is 6.08 Å². The van der Waals surface area contributed by atoms with Gasteiger partial charge in [0.25, 0.3) is 5.91 Å². The van der Waals surface area contributed by atoms with Crippen molar-refractivity contribution in [1.82, 2.24) is 15.2 Å². The summed E-state index contributed by atoms with van der Waals surface area (Å²) < 4.78 is 0. The molecule has 0 radical (unpaired) electrons. The number of aromatic nitrogens is 3. The second-order valence-electron chi connectivity index (χ2n) is 3.33. The van der Waals surface area contributed by atoms with E-state index in [1.54, 1.807) is 0 Å². The molecule has 0 bridgehead atoms. The van der Waals surface area contributed by atoms with Crippen molar-refractivity contribution in [2.45, 2.75) is 0 Å². The van der Waals surface area contributed by atoms with Gasteiger partial charge < -0.3 is 5.11 Å². The molecule has 96 valence electrons. The number of hydrogen-bond donors (Lipinski definition) is 2. The molecule has 1 amide bonds. The average Bonchev–Trinajstić information content (AvgIpc) is 2.89. The highest BCUT2D eigenvalue weighted by atomic mass is 32.1. The zero-order valence-corrected chi connectivity index (χ0v) is 10.3. The molecule has 2 N–H and O–H groups in total. The Bertz CT molecular complexity index is 625. The molecular weight excluding hydrogens is 268 g/mol. The topological polar surface area (TPSA) is 105 Å². The normalized spacial score (nSPS) is 10.5. The predicted octanol–water partition coefficient (Wildman–Crippen LogP) is 1.28. The van der Waals surface area contributed by atoms with E-state index in [2.05, 4.69) is 20.5 Å². The van der Waals surface area contributed by atoms with Crippen molar-refractivity contribution in [2.75, 3.05) is 5.32 Å². The zero-order valence-electron chi connectivity index (χ0n) is 9.48. The molecule has 2 rings (SSSR count). The molecule has 2 aromatic rings. The van der Waals surface area contributed by atoms with E-state index in [9.17, 15) is 9.59 Å². The second-order valence-corrected chi connectivity index (χ2v) is 4.17. The molecule has 0 aromatic carbocycles. The zero-order chi connectivity index (χ0) is 13.7.